The van der Waals surface area contributed by atoms with E-state index in [2.05, 4.69) is 78.1 Å². The number of rotatable bonds is 8. The maximum Gasteiger partial charge on any atom is 0.326 e. The summed E-state index contributed by atoms with van der Waals surface area (Å²) in [5.41, 5.74) is 11.8. The highest BCUT2D eigenvalue weighted by atomic mass is 16.5. The number of ether oxygens (including phenoxy) is 1. The van der Waals surface area contributed by atoms with E-state index in [1.165, 1.54) is 64.8 Å². The number of hydrogen-bond acceptors (Lipinski definition) is 10. The molecule has 0 bridgehead atoms. The summed E-state index contributed by atoms with van der Waals surface area (Å²) < 4.78 is 11.7. The number of carbonyl (C=O) groups is 3. The van der Waals surface area contributed by atoms with Crippen LogP contribution >= 0.6 is 0 Å². The van der Waals surface area contributed by atoms with Gasteiger partial charge in [0.2, 0.25) is 11.8 Å². The van der Waals surface area contributed by atoms with Crippen molar-refractivity contribution in [2.75, 3.05) is 60.9 Å². The third-order valence-corrected chi connectivity index (χ3v) is 15.1. The van der Waals surface area contributed by atoms with E-state index in [0.29, 0.717) is 19.1 Å². The van der Waals surface area contributed by atoms with Gasteiger partial charge >= 0.3 is 5.97 Å². The van der Waals surface area contributed by atoms with Crippen LogP contribution < -0.4 is 0 Å². The van der Waals surface area contributed by atoms with Crippen LogP contribution in [-0.4, -0.2) is 144 Å². The van der Waals surface area contributed by atoms with Crippen LogP contribution in [-0.2, 0) is 77.7 Å². The molecule has 4 aliphatic heterocycles. The van der Waals surface area contributed by atoms with Crippen LogP contribution in [0.2, 0.25) is 0 Å². The molecule has 6 aromatic heterocycles. The zero-order valence-corrected chi connectivity index (χ0v) is 42.0. The smallest absolute Gasteiger partial charge is 0.326 e. The Bertz CT molecular complexity index is 2780. The predicted octanol–water partition coefficient (Wildman–Crippen LogP) is 6.83. The maximum atomic E-state index is 13.0. The van der Waals surface area contributed by atoms with Gasteiger partial charge in [-0.3, -0.25) is 19.4 Å². The summed E-state index contributed by atoms with van der Waals surface area (Å²) in [5, 5.41) is 2.39. The van der Waals surface area contributed by atoms with E-state index in [1.54, 1.807) is 6.20 Å². The Balaban J connectivity index is 0.000000129. The van der Waals surface area contributed by atoms with Crippen molar-refractivity contribution in [3.63, 3.8) is 0 Å². The molecule has 10 heterocycles. The molecule has 5 aliphatic rings. The molecule has 368 valence electrons. The van der Waals surface area contributed by atoms with Crippen molar-refractivity contribution in [2.24, 2.45) is 0 Å². The quantitative estimate of drug-likeness (QED) is 0.150. The van der Waals surface area contributed by atoms with Crippen LogP contribution in [0.4, 0.5) is 0 Å². The molecular formula is C54H73N11O4. The Labute approximate surface area is 407 Å². The highest BCUT2D eigenvalue weighted by Crippen LogP contribution is 2.32. The van der Waals surface area contributed by atoms with Gasteiger partial charge < -0.3 is 42.9 Å². The molecule has 0 radical (unpaired) electrons. The van der Waals surface area contributed by atoms with Gasteiger partial charge in [-0.2, -0.15) is 0 Å². The number of aromatic nitrogens is 6. The standard InChI is InChI=1S/C20H28N4O.C18H24N4O.C16H21N3O2/c1-22-12-10-16-18(13-22)24(17-9-6-11-21-20(16)17)14-19(25)23(2)15-7-4-3-5-8-15;1-20-11-7-14-15-6-5-8-19-18(15)22(16(14)12-20)13-17(23)21-9-3-2-4-10-21;1-11(2)21-15(20)10-19-14-9-18(3)8-6-12(14)13-5-4-7-17-16(13)19/h6,9,11,15H,3-5,7-8,10,12-14H2,1-2H3;5-6,8H,2-4,7,9-13H2,1H3;4-5,7,11H,6,8-10H2,1-3H3. The van der Waals surface area contributed by atoms with E-state index in [9.17, 15) is 14.4 Å². The van der Waals surface area contributed by atoms with Crippen molar-refractivity contribution < 1.29 is 19.1 Å². The molecule has 15 heteroatoms. The van der Waals surface area contributed by atoms with Crippen molar-refractivity contribution in [1.82, 2.24) is 53.2 Å². The summed E-state index contributed by atoms with van der Waals surface area (Å²) in [6.45, 7) is 12.5. The fourth-order valence-corrected chi connectivity index (χ4v) is 11.4. The lowest BCUT2D eigenvalue weighted by atomic mass is 9.94. The third kappa shape index (κ3) is 10.6. The molecule has 69 heavy (non-hydrogen) atoms. The first-order valence-electron chi connectivity index (χ1n) is 25.6. The van der Waals surface area contributed by atoms with Crippen LogP contribution in [0.3, 0.4) is 0 Å². The van der Waals surface area contributed by atoms with E-state index in [-0.39, 0.29) is 30.4 Å². The van der Waals surface area contributed by atoms with Crippen LogP contribution in [0, 0.1) is 0 Å². The Hall–Kier alpha value is -5.64. The normalized spacial score (nSPS) is 18.0. The highest BCUT2D eigenvalue weighted by molar-refractivity contribution is 5.87. The molecule has 2 amide bonds. The Morgan fingerprint density at radius 3 is 1.71 bits per heavy atom. The van der Waals surface area contributed by atoms with Crippen LogP contribution in [0.15, 0.2) is 55.0 Å². The van der Waals surface area contributed by atoms with Crippen LogP contribution in [0.5, 0.6) is 0 Å². The Morgan fingerprint density at radius 2 is 1.13 bits per heavy atom. The zero-order valence-electron chi connectivity index (χ0n) is 42.0. The van der Waals surface area contributed by atoms with E-state index in [4.69, 9.17) is 4.74 Å². The van der Waals surface area contributed by atoms with E-state index in [0.717, 1.165) is 125 Å². The second-order valence-electron chi connectivity index (χ2n) is 20.4. The second kappa shape index (κ2) is 21.6. The number of nitrogens with zero attached hydrogens (tertiary/aromatic N) is 11. The minimum absolute atomic E-state index is 0.0919. The number of likely N-dealkylation sites (tertiary alicyclic amines) is 1. The largest absolute Gasteiger partial charge is 0.462 e. The van der Waals surface area contributed by atoms with Crippen molar-refractivity contribution in [2.45, 2.75) is 136 Å². The van der Waals surface area contributed by atoms with Gasteiger partial charge in [0.1, 0.15) is 30.9 Å². The van der Waals surface area contributed by atoms with Gasteiger partial charge in [-0.25, -0.2) is 9.97 Å². The molecular weight excluding hydrogens is 867 g/mol. The second-order valence-corrected chi connectivity index (χ2v) is 20.4. The molecule has 0 unspecified atom stereocenters. The number of fused-ring (bicyclic) bond motifs is 9. The molecule has 0 N–H and O–H groups in total. The molecule has 0 spiro atoms. The molecule has 15 nitrogen and oxygen atoms in total. The number of likely N-dealkylation sites (N-methyl/N-ethyl adjacent to an activating group) is 4. The number of esters is 1. The molecule has 1 saturated carbocycles. The first-order chi connectivity index (χ1) is 33.4. The van der Waals surface area contributed by atoms with Crippen LogP contribution in [0.25, 0.3) is 33.1 Å². The first-order valence-corrected chi connectivity index (χ1v) is 25.6. The van der Waals surface area contributed by atoms with E-state index >= 15 is 0 Å². The zero-order chi connectivity index (χ0) is 48.2. The molecule has 1 saturated heterocycles. The molecule has 11 rings (SSSR count). The highest BCUT2D eigenvalue weighted by Gasteiger charge is 2.29. The minimum atomic E-state index is -0.205. The molecule has 0 aromatic carbocycles. The summed E-state index contributed by atoms with van der Waals surface area (Å²) in [4.78, 5) is 62.4. The van der Waals surface area contributed by atoms with Gasteiger partial charge in [-0.1, -0.05) is 19.3 Å². The summed E-state index contributed by atoms with van der Waals surface area (Å²) in [5.74, 6) is 0.260. The van der Waals surface area contributed by atoms with Crippen molar-refractivity contribution in [3.05, 3.63) is 88.8 Å². The number of piperidine rings is 1. The number of carbonyl (C=O) groups excluding carboxylic acids is 3. The average Bonchev–Trinajstić information content (AvgIpc) is 3.95. The maximum absolute atomic E-state index is 13.0. The van der Waals surface area contributed by atoms with Crippen molar-refractivity contribution >= 4 is 50.9 Å². The molecule has 1 aliphatic carbocycles. The van der Waals surface area contributed by atoms with Gasteiger partial charge in [0.25, 0.3) is 0 Å². The monoisotopic (exact) mass is 940 g/mol. The molecule has 2 fully saturated rings. The topological polar surface area (TPSA) is 130 Å². The predicted molar refractivity (Wildman–Crippen MR) is 271 cm³/mol. The fraction of sp³-hybridized carbons (Fsp3) is 0.556. The lowest BCUT2D eigenvalue weighted by Gasteiger charge is -2.32. The summed E-state index contributed by atoms with van der Waals surface area (Å²) in [7, 11) is 8.38. The third-order valence-electron chi connectivity index (χ3n) is 15.1. The van der Waals surface area contributed by atoms with Gasteiger partial charge in [0.15, 0.2) is 0 Å². The lowest BCUT2D eigenvalue weighted by molar-refractivity contribution is -0.148. The Kier molecular flexibility index (Phi) is 15.1. The number of pyridine rings is 3. The van der Waals surface area contributed by atoms with Gasteiger partial charge in [0, 0.05) is 117 Å². The molecule has 0 atom stereocenters. The fourth-order valence-electron chi connectivity index (χ4n) is 11.4. The first kappa shape index (κ1) is 48.4. The average molecular weight is 940 g/mol. The van der Waals surface area contributed by atoms with E-state index < -0.39 is 0 Å². The van der Waals surface area contributed by atoms with Gasteiger partial charge in [-0.05, 0) is 134 Å². The van der Waals surface area contributed by atoms with E-state index in [1.807, 2.05) is 65.9 Å². The van der Waals surface area contributed by atoms with Crippen molar-refractivity contribution in [3.8, 4) is 0 Å². The van der Waals surface area contributed by atoms with Crippen LogP contribution in [0.1, 0.15) is 99.0 Å². The number of hydrogen-bond donors (Lipinski definition) is 0. The van der Waals surface area contributed by atoms with Gasteiger partial charge in [-0.15, -0.1) is 0 Å². The molecule has 6 aromatic rings. The summed E-state index contributed by atoms with van der Waals surface area (Å²) >= 11 is 0. The van der Waals surface area contributed by atoms with Gasteiger partial charge in [0.05, 0.1) is 17.1 Å². The number of amides is 2. The summed E-state index contributed by atoms with van der Waals surface area (Å²) in [6.07, 6.45) is 18.1. The summed E-state index contributed by atoms with van der Waals surface area (Å²) in [6, 6.07) is 12.7. The minimum Gasteiger partial charge on any atom is -0.462 e. The Morgan fingerprint density at radius 1 is 0.623 bits per heavy atom. The van der Waals surface area contributed by atoms with Crippen molar-refractivity contribution in [1.29, 1.82) is 0 Å². The SMILES string of the molecule is CC(C)OC(=O)Cn1c2c(c3cccnc31)CCN(C)C2.CN1CCc2c(n(CC(=O)N(C)C3CCCCC3)c3cccnc23)C1.CN1CCc2c(n(CC(=O)N3CCCCC3)c3ncccc23)C1. The lowest BCUT2D eigenvalue weighted by Crippen LogP contribution is -2.40.